The number of nitrogens with one attached hydrogen (secondary N) is 2. The van der Waals surface area contributed by atoms with Crippen molar-refractivity contribution in [2.45, 2.75) is 39.8 Å². The molecule has 160 valence electrons. The number of methoxy groups -OCH3 is 1. The van der Waals surface area contributed by atoms with Crippen molar-refractivity contribution in [2.75, 3.05) is 12.4 Å². The molecule has 2 aromatic rings. The summed E-state index contributed by atoms with van der Waals surface area (Å²) in [6.45, 7) is 7.01. The van der Waals surface area contributed by atoms with Gasteiger partial charge < -0.3 is 20.1 Å². The van der Waals surface area contributed by atoms with Crippen LogP contribution >= 0.6 is 0 Å². The lowest BCUT2D eigenvalue weighted by atomic mass is 10.0. The van der Waals surface area contributed by atoms with Crippen LogP contribution in [0.3, 0.4) is 0 Å². The Morgan fingerprint density at radius 2 is 1.50 bits per heavy atom. The number of rotatable bonds is 8. The average Bonchev–Trinajstić information content (AvgIpc) is 2.73. The molecule has 30 heavy (non-hydrogen) atoms. The van der Waals surface area contributed by atoms with Crippen molar-refractivity contribution in [2.24, 2.45) is 5.92 Å². The minimum Gasteiger partial charge on any atom is -0.497 e. The molecule has 7 nitrogen and oxygen atoms in total. The molecule has 0 aromatic heterocycles. The third-order valence-electron chi connectivity index (χ3n) is 4.54. The second-order valence-electron chi connectivity index (χ2n) is 7.36. The quantitative estimate of drug-likeness (QED) is 0.649. The molecule has 0 radical (unpaired) electrons. The summed E-state index contributed by atoms with van der Waals surface area (Å²) in [6, 6.07) is 12.9. The third-order valence-corrected chi connectivity index (χ3v) is 4.54. The molecular weight excluding hydrogens is 384 g/mol. The largest absolute Gasteiger partial charge is 0.497 e. The van der Waals surface area contributed by atoms with Crippen LogP contribution in [0.1, 0.15) is 36.7 Å². The summed E-state index contributed by atoms with van der Waals surface area (Å²) in [6.07, 6.45) is -1.02. The zero-order valence-electron chi connectivity index (χ0n) is 17.9. The first-order valence-corrected chi connectivity index (χ1v) is 9.74. The highest BCUT2D eigenvalue weighted by Crippen LogP contribution is 2.14. The van der Waals surface area contributed by atoms with E-state index in [9.17, 15) is 14.4 Å². The standard InChI is InChI=1S/C23H28N2O5/c1-14(2)20(25-22(27)17-8-12-19(29-5)13-9-17)23(28)30-16(4)21(26)24-18-10-6-15(3)7-11-18/h6-14,16,20H,1-5H3,(H,24,26)(H,25,27)/t16-,20+/m1/s1. The highest BCUT2D eigenvalue weighted by molar-refractivity contribution is 5.98. The van der Waals surface area contributed by atoms with Crippen molar-refractivity contribution in [1.29, 1.82) is 0 Å². The van der Waals surface area contributed by atoms with Gasteiger partial charge in [-0.1, -0.05) is 31.5 Å². The number of amides is 2. The van der Waals surface area contributed by atoms with Gasteiger partial charge in [0.2, 0.25) is 0 Å². The van der Waals surface area contributed by atoms with Crippen molar-refractivity contribution in [3.05, 3.63) is 59.7 Å². The zero-order valence-corrected chi connectivity index (χ0v) is 17.9. The fourth-order valence-corrected chi connectivity index (χ4v) is 2.65. The maximum absolute atomic E-state index is 12.6. The predicted molar refractivity (Wildman–Crippen MR) is 114 cm³/mol. The summed E-state index contributed by atoms with van der Waals surface area (Å²) in [5, 5.41) is 5.39. The van der Waals surface area contributed by atoms with Gasteiger partial charge in [0, 0.05) is 11.3 Å². The molecule has 0 saturated carbocycles. The molecule has 2 amide bonds. The summed E-state index contributed by atoms with van der Waals surface area (Å²) >= 11 is 0. The lowest BCUT2D eigenvalue weighted by Crippen LogP contribution is -2.47. The van der Waals surface area contributed by atoms with Crippen LogP contribution in [0, 0.1) is 12.8 Å². The van der Waals surface area contributed by atoms with E-state index >= 15 is 0 Å². The molecule has 2 N–H and O–H groups in total. The first-order chi connectivity index (χ1) is 14.2. The zero-order chi connectivity index (χ0) is 22.3. The van der Waals surface area contributed by atoms with E-state index in [2.05, 4.69) is 10.6 Å². The number of carbonyl (C=O) groups excluding carboxylic acids is 3. The van der Waals surface area contributed by atoms with Gasteiger partial charge in [-0.15, -0.1) is 0 Å². The van der Waals surface area contributed by atoms with Crippen LogP contribution in [0.2, 0.25) is 0 Å². The van der Waals surface area contributed by atoms with Crippen molar-refractivity contribution in [3.8, 4) is 5.75 Å². The second-order valence-corrected chi connectivity index (χ2v) is 7.36. The molecule has 2 atom stereocenters. The SMILES string of the molecule is COc1ccc(C(=O)N[C@H](C(=O)O[C@H](C)C(=O)Nc2ccc(C)cc2)C(C)C)cc1. The van der Waals surface area contributed by atoms with Gasteiger partial charge in [0.05, 0.1) is 7.11 Å². The minimum absolute atomic E-state index is 0.230. The lowest BCUT2D eigenvalue weighted by Gasteiger charge is -2.23. The molecule has 0 spiro atoms. The Kier molecular flexibility index (Phi) is 7.98. The number of hydrogen-bond acceptors (Lipinski definition) is 5. The normalized spacial score (nSPS) is 12.6. The van der Waals surface area contributed by atoms with Crippen LogP contribution in [-0.4, -0.2) is 37.0 Å². The van der Waals surface area contributed by atoms with E-state index < -0.39 is 29.9 Å². The summed E-state index contributed by atoms with van der Waals surface area (Å²) in [4.78, 5) is 37.5. The first-order valence-electron chi connectivity index (χ1n) is 9.74. The van der Waals surface area contributed by atoms with E-state index in [1.165, 1.54) is 14.0 Å². The third kappa shape index (κ3) is 6.34. The van der Waals surface area contributed by atoms with Crippen LogP contribution in [0.15, 0.2) is 48.5 Å². The Balaban J connectivity index is 1.98. The number of esters is 1. The summed E-state index contributed by atoms with van der Waals surface area (Å²) < 4.78 is 10.4. The maximum Gasteiger partial charge on any atom is 0.329 e. The van der Waals surface area contributed by atoms with Gasteiger partial charge >= 0.3 is 5.97 Å². The molecule has 2 rings (SSSR count). The average molecular weight is 412 g/mol. The first kappa shape index (κ1) is 22.9. The minimum atomic E-state index is -1.02. The van der Waals surface area contributed by atoms with Gasteiger partial charge in [-0.2, -0.15) is 0 Å². The molecule has 0 fully saturated rings. The maximum atomic E-state index is 12.6. The molecule has 0 aliphatic rings. The summed E-state index contributed by atoms with van der Waals surface area (Å²) in [7, 11) is 1.54. The Bertz CT molecular complexity index is 875. The van der Waals surface area contributed by atoms with Gasteiger partial charge in [0.1, 0.15) is 11.8 Å². The van der Waals surface area contributed by atoms with Gasteiger partial charge in [-0.25, -0.2) is 4.79 Å². The van der Waals surface area contributed by atoms with E-state index in [0.717, 1.165) is 5.56 Å². The topological polar surface area (TPSA) is 93.7 Å². The lowest BCUT2D eigenvalue weighted by molar-refractivity contribution is -0.156. The Morgan fingerprint density at radius 3 is 2.03 bits per heavy atom. The van der Waals surface area contributed by atoms with Crippen molar-refractivity contribution in [3.63, 3.8) is 0 Å². The van der Waals surface area contributed by atoms with Crippen molar-refractivity contribution < 1.29 is 23.9 Å². The molecule has 0 heterocycles. The van der Waals surface area contributed by atoms with Crippen molar-refractivity contribution >= 4 is 23.5 Å². The van der Waals surface area contributed by atoms with E-state index in [4.69, 9.17) is 9.47 Å². The smallest absolute Gasteiger partial charge is 0.329 e. The van der Waals surface area contributed by atoms with E-state index in [0.29, 0.717) is 17.0 Å². The molecule has 0 aliphatic carbocycles. The van der Waals surface area contributed by atoms with Crippen LogP contribution in [0.4, 0.5) is 5.69 Å². The van der Waals surface area contributed by atoms with Crippen LogP contribution in [-0.2, 0) is 14.3 Å². The van der Waals surface area contributed by atoms with Crippen LogP contribution < -0.4 is 15.4 Å². The van der Waals surface area contributed by atoms with Crippen LogP contribution in [0.25, 0.3) is 0 Å². The molecule has 2 aromatic carbocycles. The second kappa shape index (κ2) is 10.4. The van der Waals surface area contributed by atoms with Gasteiger partial charge in [0.15, 0.2) is 6.10 Å². The molecule has 0 aliphatic heterocycles. The van der Waals surface area contributed by atoms with Gasteiger partial charge in [-0.05, 0) is 56.2 Å². The van der Waals surface area contributed by atoms with Gasteiger partial charge in [0.25, 0.3) is 11.8 Å². The Morgan fingerprint density at radius 1 is 0.900 bits per heavy atom. The molecule has 0 saturated heterocycles. The predicted octanol–water partition coefficient (Wildman–Crippen LogP) is 3.33. The number of anilines is 1. The summed E-state index contributed by atoms with van der Waals surface area (Å²) in [5.74, 6) is -1.13. The molecule has 0 unspecified atom stereocenters. The van der Waals surface area contributed by atoms with Gasteiger partial charge in [-0.3, -0.25) is 9.59 Å². The molecule has 7 heteroatoms. The Hall–Kier alpha value is -3.35. The highest BCUT2D eigenvalue weighted by atomic mass is 16.5. The van der Waals surface area contributed by atoms with Crippen molar-refractivity contribution in [1.82, 2.24) is 5.32 Å². The van der Waals surface area contributed by atoms with Crippen LogP contribution in [0.5, 0.6) is 5.75 Å². The van der Waals surface area contributed by atoms with E-state index in [1.54, 1.807) is 50.2 Å². The Labute approximate surface area is 176 Å². The fourth-order valence-electron chi connectivity index (χ4n) is 2.65. The number of hydrogen-bond donors (Lipinski definition) is 2. The molecule has 0 bridgehead atoms. The number of benzene rings is 2. The highest BCUT2D eigenvalue weighted by Gasteiger charge is 2.29. The fraction of sp³-hybridized carbons (Fsp3) is 0.348. The van der Waals surface area contributed by atoms with E-state index in [-0.39, 0.29) is 5.92 Å². The molecular formula is C23H28N2O5. The number of aryl methyl sites for hydroxylation is 1. The van der Waals surface area contributed by atoms with E-state index in [1.807, 2.05) is 19.1 Å². The monoisotopic (exact) mass is 412 g/mol. The number of carbonyl (C=O) groups is 3. The summed E-state index contributed by atoms with van der Waals surface area (Å²) in [5.41, 5.74) is 2.07. The number of ether oxygens (including phenoxy) is 2.